The number of aryl methyl sites for hydroxylation is 2. The molecule has 0 atom stereocenters. The summed E-state index contributed by atoms with van der Waals surface area (Å²) in [6.45, 7) is 2.05. The van der Waals surface area contributed by atoms with Gasteiger partial charge in [0.25, 0.3) is 0 Å². The van der Waals surface area contributed by atoms with E-state index in [1.807, 2.05) is 29.9 Å². The molecule has 68 valence electrons. The minimum absolute atomic E-state index is 0.878. The van der Waals surface area contributed by atoms with Crippen LogP contribution in [0.15, 0.2) is 18.2 Å². The molecule has 0 aliphatic rings. The minimum Gasteiger partial charge on any atom is -0.497 e. The first-order chi connectivity index (χ1) is 6.22. The lowest BCUT2D eigenvalue weighted by atomic mass is 10.2. The normalized spacial score (nSPS) is 10.7. The molecule has 2 rings (SSSR count). The third-order valence-electron chi connectivity index (χ3n) is 2.34. The molecule has 0 spiro atoms. The quantitative estimate of drug-likeness (QED) is 0.663. The van der Waals surface area contributed by atoms with Gasteiger partial charge in [-0.15, -0.1) is 0 Å². The Balaban J connectivity index is 2.75. The Labute approximate surface area is 76.9 Å². The molecule has 0 N–H and O–H groups in total. The first kappa shape index (κ1) is 8.10. The number of aromatic nitrogens is 2. The first-order valence-corrected chi connectivity index (χ1v) is 4.19. The average molecular weight is 176 g/mol. The highest BCUT2D eigenvalue weighted by Crippen LogP contribution is 2.22. The van der Waals surface area contributed by atoms with Gasteiger partial charge in [-0.2, -0.15) is 5.10 Å². The Morgan fingerprint density at radius 3 is 2.85 bits per heavy atom. The van der Waals surface area contributed by atoms with Gasteiger partial charge in [-0.25, -0.2) is 0 Å². The zero-order valence-electron chi connectivity index (χ0n) is 8.03. The molecule has 3 nitrogen and oxygen atoms in total. The van der Waals surface area contributed by atoms with Crippen molar-refractivity contribution < 1.29 is 4.74 Å². The number of hydrogen-bond donors (Lipinski definition) is 0. The topological polar surface area (TPSA) is 27.1 Å². The summed E-state index contributed by atoms with van der Waals surface area (Å²) in [5.74, 6) is 0.878. The Morgan fingerprint density at radius 1 is 1.38 bits per heavy atom. The van der Waals surface area contributed by atoms with E-state index in [1.165, 1.54) is 0 Å². The standard InChI is InChI=1S/C10H12N2O/c1-7-9-6-8(13-3)4-5-10(9)11-12(7)2/h4-6H,1-3H3. The average Bonchev–Trinajstić information content (AvgIpc) is 2.43. The lowest BCUT2D eigenvalue weighted by Gasteiger charge is -1.98. The molecule has 0 aliphatic carbocycles. The van der Waals surface area contributed by atoms with Crippen LogP contribution in [-0.4, -0.2) is 16.9 Å². The van der Waals surface area contributed by atoms with Crippen LogP contribution >= 0.6 is 0 Å². The second-order valence-corrected chi connectivity index (χ2v) is 3.09. The summed E-state index contributed by atoms with van der Waals surface area (Å²) in [7, 11) is 3.62. The van der Waals surface area contributed by atoms with Crippen molar-refractivity contribution in [1.82, 2.24) is 9.78 Å². The van der Waals surface area contributed by atoms with E-state index in [4.69, 9.17) is 4.74 Å². The van der Waals surface area contributed by atoms with E-state index < -0.39 is 0 Å². The zero-order valence-corrected chi connectivity index (χ0v) is 8.03. The molecule has 0 bridgehead atoms. The zero-order chi connectivity index (χ0) is 9.42. The summed E-state index contributed by atoms with van der Waals surface area (Å²) in [5, 5.41) is 5.50. The smallest absolute Gasteiger partial charge is 0.119 e. The van der Waals surface area contributed by atoms with Gasteiger partial charge in [0.2, 0.25) is 0 Å². The highest BCUT2D eigenvalue weighted by atomic mass is 16.5. The third-order valence-corrected chi connectivity index (χ3v) is 2.34. The first-order valence-electron chi connectivity index (χ1n) is 4.19. The van der Waals surface area contributed by atoms with E-state index in [0.717, 1.165) is 22.3 Å². The molecule has 1 aromatic heterocycles. The molecule has 3 heteroatoms. The van der Waals surface area contributed by atoms with Crippen molar-refractivity contribution in [2.45, 2.75) is 6.92 Å². The molecule has 0 aliphatic heterocycles. The van der Waals surface area contributed by atoms with Gasteiger partial charge in [-0.3, -0.25) is 4.68 Å². The van der Waals surface area contributed by atoms with Gasteiger partial charge in [0.15, 0.2) is 0 Å². The number of ether oxygens (including phenoxy) is 1. The van der Waals surface area contributed by atoms with Crippen LogP contribution in [-0.2, 0) is 7.05 Å². The summed E-state index contributed by atoms with van der Waals surface area (Å²) < 4.78 is 7.03. The molecule has 1 heterocycles. The summed E-state index contributed by atoms with van der Waals surface area (Å²) in [4.78, 5) is 0. The fourth-order valence-corrected chi connectivity index (χ4v) is 1.43. The molecule has 0 fully saturated rings. The molecular weight excluding hydrogens is 164 g/mol. The highest BCUT2D eigenvalue weighted by molar-refractivity contribution is 5.82. The van der Waals surface area contributed by atoms with E-state index in [0.29, 0.717) is 0 Å². The molecule has 13 heavy (non-hydrogen) atoms. The summed E-state index contributed by atoms with van der Waals surface area (Å²) >= 11 is 0. The maximum Gasteiger partial charge on any atom is 0.119 e. The van der Waals surface area contributed by atoms with E-state index in [2.05, 4.69) is 12.0 Å². The molecule has 2 aromatic rings. The summed E-state index contributed by atoms with van der Waals surface area (Å²) in [5.41, 5.74) is 2.18. The van der Waals surface area contributed by atoms with E-state index in [-0.39, 0.29) is 0 Å². The van der Waals surface area contributed by atoms with Crippen LogP contribution in [0.1, 0.15) is 5.69 Å². The van der Waals surface area contributed by atoms with Gasteiger partial charge in [-0.1, -0.05) is 0 Å². The number of nitrogens with zero attached hydrogens (tertiary/aromatic N) is 2. The van der Waals surface area contributed by atoms with Crippen molar-refractivity contribution >= 4 is 10.9 Å². The van der Waals surface area contributed by atoms with Gasteiger partial charge in [-0.05, 0) is 25.1 Å². The molecule has 0 unspecified atom stereocenters. The van der Waals surface area contributed by atoms with Crippen LogP contribution < -0.4 is 4.74 Å². The monoisotopic (exact) mass is 176 g/mol. The van der Waals surface area contributed by atoms with Gasteiger partial charge in [0.1, 0.15) is 5.75 Å². The van der Waals surface area contributed by atoms with Crippen molar-refractivity contribution in [2.24, 2.45) is 7.05 Å². The van der Waals surface area contributed by atoms with Crippen LogP contribution in [0.5, 0.6) is 5.75 Å². The summed E-state index contributed by atoms with van der Waals surface area (Å²) in [6.07, 6.45) is 0. The van der Waals surface area contributed by atoms with Crippen molar-refractivity contribution in [3.63, 3.8) is 0 Å². The van der Waals surface area contributed by atoms with E-state index in [9.17, 15) is 0 Å². The predicted molar refractivity (Wildman–Crippen MR) is 52.0 cm³/mol. The van der Waals surface area contributed by atoms with Crippen LogP contribution in [0.2, 0.25) is 0 Å². The number of fused-ring (bicyclic) bond motifs is 1. The Bertz CT molecular complexity index is 445. The van der Waals surface area contributed by atoms with Crippen LogP contribution in [0.25, 0.3) is 10.9 Å². The Morgan fingerprint density at radius 2 is 2.15 bits per heavy atom. The van der Waals surface area contributed by atoms with Crippen LogP contribution in [0.4, 0.5) is 0 Å². The Kier molecular flexibility index (Phi) is 1.72. The molecular formula is C10H12N2O. The SMILES string of the molecule is COc1ccc2nn(C)c(C)c2c1. The van der Waals surface area contributed by atoms with Gasteiger partial charge in [0, 0.05) is 18.1 Å². The van der Waals surface area contributed by atoms with Gasteiger partial charge >= 0.3 is 0 Å². The molecule has 0 radical (unpaired) electrons. The van der Waals surface area contributed by atoms with Crippen LogP contribution in [0.3, 0.4) is 0 Å². The van der Waals surface area contributed by atoms with Crippen molar-refractivity contribution in [3.05, 3.63) is 23.9 Å². The van der Waals surface area contributed by atoms with E-state index >= 15 is 0 Å². The third kappa shape index (κ3) is 1.16. The summed E-state index contributed by atoms with van der Waals surface area (Å²) in [6, 6.07) is 5.91. The fraction of sp³-hybridized carbons (Fsp3) is 0.300. The Hall–Kier alpha value is -1.51. The number of benzene rings is 1. The van der Waals surface area contributed by atoms with Gasteiger partial charge < -0.3 is 4.74 Å². The maximum atomic E-state index is 5.15. The molecule has 0 amide bonds. The van der Waals surface area contributed by atoms with Crippen molar-refractivity contribution in [3.8, 4) is 5.75 Å². The largest absolute Gasteiger partial charge is 0.497 e. The van der Waals surface area contributed by atoms with Crippen LogP contribution in [0, 0.1) is 6.92 Å². The van der Waals surface area contributed by atoms with Crippen molar-refractivity contribution in [2.75, 3.05) is 7.11 Å². The predicted octanol–water partition coefficient (Wildman–Crippen LogP) is 1.89. The van der Waals surface area contributed by atoms with Crippen molar-refractivity contribution in [1.29, 1.82) is 0 Å². The highest BCUT2D eigenvalue weighted by Gasteiger charge is 2.04. The molecule has 0 saturated carbocycles. The lowest BCUT2D eigenvalue weighted by molar-refractivity contribution is 0.415. The fourth-order valence-electron chi connectivity index (χ4n) is 1.43. The molecule has 1 aromatic carbocycles. The maximum absolute atomic E-state index is 5.15. The number of hydrogen-bond acceptors (Lipinski definition) is 2. The van der Waals surface area contributed by atoms with Gasteiger partial charge in [0.05, 0.1) is 12.6 Å². The number of rotatable bonds is 1. The second-order valence-electron chi connectivity index (χ2n) is 3.09. The lowest BCUT2D eigenvalue weighted by Crippen LogP contribution is -1.91. The van der Waals surface area contributed by atoms with E-state index in [1.54, 1.807) is 7.11 Å². The second kappa shape index (κ2) is 2.76. The number of methoxy groups -OCH3 is 1. The molecule has 0 saturated heterocycles. The minimum atomic E-state index is 0.878.